The smallest absolute Gasteiger partial charge is 0.314 e. The first-order chi connectivity index (χ1) is 10.8. The van der Waals surface area contributed by atoms with Crippen LogP contribution in [0.3, 0.4) is 0 Å². The van der Waals surface area contributed by atoms with Crippen LogP contribution < -0.4 is 10.6 Å². The Balaban J connectivity index is 2.14. The molecule has 2 aromatic rings. The van der Waals surface area contributed by atoms with Crippen LogP contribution in [0.15, 0.2) is 48.5 Å². The number of rotatable bonds is 2. The zero-order valence-electron chi connectivity index (χ0n) is 13.3. The third-order valence-electron chi connectivity index (χ3n) is 3.31. The Bertz CT molecular complexity index is 736. The molecule has 0 aromatic heterocycles. The molecule has 0 radical (unpaired) electrons. The summed E-state index contributed by atoms with van der Waals surface area (Å²) >= 11 is 5.97. The minimum Gasteiger partial charge on any atom is -0.318 e. The average molecular weight is 331 g/mol. The number of para-hydroxylation sites is 2. The molecule has 0 aliphatic rings. The Morgan fingerprint density at radius 2 is 1.30 bits per heavy atom. The van der Waals surface area contributed by atoms with E-state index in [0.29, 0.717) is 16.4 Å². The van der Waals surface area contributed by atoms with Crippen LogP contribution in [0.25, 0.3) is 0 Å². The number of nitrogens with one attached hydrogen (secondary N) is 2. The molecule has 0 aliphatic carbocycles. The molecule has 2 rings (SSSR count). The number of hydrogen-bond acceptors (Lipinski definition) is 2. The van der Waals surface area contributed by atoms with E-state index in [-0.39, 0.29) is 5.41 Å². The van der Waals surface area contributed by atoms with E-state index in [1.165, 1.54) is 0 Å². The molecule has 0 heterocycles. The monoisotopic (exact) mass is 330 g/mol. The van der Waals surface area contributed by atoms with Crippen molar-refractivity contribution in [3.63, 3.8) is 0 Å². The molecule has 0 fully saturated rings. The van der Waals surface area contributed by atoms with Crippen LogP contribution in [0.4, 0.5) is 11.4 Å². The Morgan fingerprint density at radius 3 is 1.87 bits per heavy atom. The molecule has 0 bridgehead atoms. The van der Waals surface area contributed by atoms with Crippen LogP contribution in [0, 0.1) is 0 Å². The van der Waals surface area contributed by atoms with Crippen molar-refractivity contribution >= 4 is 34.8 Å². The summed E-state index contributed by atoms with van der Waals surface area (Å²) < 4.78 is 0. The minimum absolute atomic E-state index is 0.150. The van der Waals surface area contributed by atoms with E-state index in [0.717, 1.165) is 5.56 Å². The van der Waals surface area contributed by atoms with Crippen LogP contribution in [0.5, 0.6) is 0 Å². The van der Waals surface area contributed by atoms with Crippen molar-refractivity contribution in [1.82, 2.24) is 0 Å². The largest absolute Gasteiger partial charge is 0.318 e. The maximum absolute atomic E-state index is 12.1. The van der Waals surface area contributed by atoms with Crippen LogP contribution in [-0.4, -0.2) is 11.8 Å². The summed E-state index contributed by atoms with van der Waals surface area (Å²) in [5, 5.41) is 5.55. The fourth-order valence-corrected chi connectivity index (χ4v) is 2.35. The highest BCUT2D eigenvalue weighted by Crippen LogP contribution is 2.29. The predicted molar refractivity (Wildman–Crippen MR) is 93.9 cm³/mol. The molecule has 120 valence electrons. The molecule has 0 aliphatic heterocycles. The van der Waals surface area contributed by atoms with Gasteiger partial charge in [0.2, 0.25) is 0 Å². The molecular formula is C18H19ClN2O2. The molecule has 0 spiro atoms. The Labute approximate surface area is 140 Å². The SMILES string of the molecule is CC(C)(C)c1ccccc1NC(=O)C(=O)Nc1ccccc1Cl. The number of benzene rings is 2. The van der Waals surface area contributed by atoms with Gasteiger partial charge >= 0.3 is 11.8 Å². The number of anilines is 2. The maximum atomic E-state index is 12.1. The number of carbonyl (C=O) groups is 2. The normalized spacial score (nSPS) is 11.0. The van der Waals surface area contributed by atoms with E-state index >= 15 is 0 Å². The first-order valence-corrected chi connectivity index (χ1v) is 7.63. The molecule has 23 heavy (non-hydrogen) atoms. The Morgan fingerprint density at radius 1 is 0.826 bits per heavy atom. The molecule has 2 N–H and O–H groups in total. The average Bonchev–Trinajstić information content (AvgIpc) is 2.49. The highest BCUT2D eigenvalue weighted by atomic mass is 35.5. The van der Waals surface area contributed by atoms with Gasteiger partial charge in [0.15, 0.2) is 0 Å². The van der Waals surface area contributed by atoms with Crippen molar-refractivity contribution in [3.8, 4) is 0 Å². The predicted octanol–water partition coefficient (Wildman–Crippen LogP) is 4.21. The first-order valence-electron chi connectivity index (χ1n) is 7.25. The van der Waals surface area contributed by atoms with E-state index in [9.17, 15) is 9.59 Å². The van der Waals surface area contributed by atoms with Gasteiger partial charge < -0.3 is 10.6 Å². The third-order valence-corrected chi connectivity index (χ3v) is 3.64. The maximum Gasteiger partial charge on any atom is 0.314 e. The second-order valence-electron chi connectivity index (χ2n) is 6.18. The molecule has 2 amide bonds. The fraction of sp³-hybridized carbons (Fsp3) is 0.222. The first kappa shape index (κ1) is 17.0. The van der Waals surface area contributed by atoms with Gasteiger partial charge in [-0.2, -0.15) is 0 Å². The van der Waals surface area contributed by atoms with Crippen molar-refractivity contribution in [3.05, 3.63) is 59.1 Å². The molecule has 5 heteroatoms. The lowest BCUT2D eigenvalue weighted by Gasteiger charge is -2.22. The number of hydrogen-bond donors (Lipinski definition) is 2. The van der Waals surface area contributed by atoms with Crippen molar-refractivity contribution in [2.45, 2.75) is 26.2 Å². The summed E-state index contributed by atoms with van der Waals surface area (Å²) in [4.78, 5) is 24.2. The summed E-state index contributed by atoms with van der Waals surface area (Å²) in [6, 6.07) is 14.2. The summed E-state index contributed by atoms with van der Waals surface area (Å²) in [5.41, 5.74) is 1.83. The molecule has 0 atom stereocenters. The van der Waals surface area contributed by atoms with Crippen LogP contribution in [0.1, 0.15) is 26.3 Å². The van der Waals surface area contributed by atoms with E-state index in [1.807, 2.05) is 39.0 Å². The molecule has 0 saturated carbocycles. The minimum atomic E-state index is -0.762. The lowest BCUT2D eigenvalue weighted by Crippen LogP contribution is -2.30. The molecule has 2 aromatic carbocycles. The van der Waals surface area contributed by atoms with Gasteiger partial charge in [-0.3, -0.25) is 9.59 Å². The van der Waals surface area contributed by atoms with Gasteiger partial charge in [-0.25, -0.2) is 0 Å². The quantitative estimate of drug-likeness (QED) is 0.810. The highest BCUT2D eigenvalue weighted by molar-refractivity contribution is 6.44. The van der Waals surface area contributed by atoms with Gasteiger partial charge in [-0.1, -0.05) is 62.7 Å². The van der Waals surface area contributed by atoms with E-state index in [2.05, 4.69) is 10.6 Å². The van der Waals surface area contributed by atoms with Crippen molar-refractivity contribution < 1.29 is 9.59 Å². The van der Waals surface area contributed by atoms with Crippen molar-refractivity contribution in [1.29, 1.82) is 0 Å². The third kappa shape index (κ3) is 4.33. The van der Waals surface area contributed by atoms with Gasteiger partial charge in [0, 0.05) is 5.69 Å². The Hall–Kier alpha value is -2.33. The zero-order valence-corrected chi connectivity index (χ0v) is 14.1. The number of halogens is 1. The second kappa shape index (κ2) is 6.84. The van der Waals surface area contributed by atoms with Gasteiger partial charge in [-0.05, 0) is 29.2 Å². The molecule has 4 nitrogen and oxygen atoms in total. The standard InChI is InChI=1S/C18H19ClN2O2/c1-18(2,3)12-8-4-6-10-14(12)20-16(22)17(23)21-15-11-7-5-9-13(15)19/h4-11H,1-3H3,(H,20,22)(H,21,23). The summed E-state index contributed by atoms with van der Waals surface area (Å²) in [7, 11) is 0. The van der Waals surface area contributed by atoms with Gasteiger partial charge in [0.1, 0.15) is 0 Å². The van der Waals surface area contributed by atoms with Crippen molar-refractivity contribution in [2.24, 2.45) is 0 Å². The van der Waals surface area contributed by atoms with Crippen LogP contribution >= 0.6 is 11.6 Å². The summed E-state index contributed by atoms with van der Waals surface area (Å²) in [6.45, 7) is 6.13. The van der Waals surface area contributed by atoms with Gasteiger partial charge in [0.25, 0.3) is 0 Å². The fourth-order valence-electron chi connectivity index (χ4n) is 2.17. The molecule has 0 saturated heterocycles. The zero-order chi connectivity index (χ0) is 17.0. The topological polar surface area (TPSA) is 58.2 Å². The highest BCUT2D eigenvalue weighted by Gasteiger charge is 2.21. The number of carbonyl (C=O) groups excluding carboxylic acids is 2. The summed E-state index contributed by atoms with van der Waals surface area (Å²) in [6.07, 6.45) is 0. The number of amides is 2. The molecular weight excluding hydrogens is 312 g/mol. The Kier molecular flexibility index (Phi) is 5.06. The second-order valence-corrected chi connectivity index (χ2v) is 6.59. The van der Waals surface area contributed by atoms with E-state index < -0.39 is 11.8 Å². The van der Waals surface area contributed by atoms with Gasteiger partial charge in [-0.15, -0.1) is 0 Å². The van der Waals surface area contributed by atoms with Crippen LogP contribution in [0.2, 0.25) is 5.02 Å². The van der Waals surface area contributed by atoms with Gasteiger partial charge in [0.05, 0.1) is 10.7 Å². The summed E-state index contributed by atoms with van der Waals surface area (Å²) in [5.74, 6) is -1.50. The molecule has 0 unspecified atom stereocenters. The van der Waals surface area contributed by atoms with E-state index in [4.69, 9.17) is 11.6 Å². The van der Waals surface area contributed by atoms with Crippen LogP contribution in [-0.2, 0) is 15.0 Å². The lowest BCUT2D eigenvalue weighted by molar-refractivity contribution is -0.133. The lowest BCUT2D eigenvalue weighted by atomic mass is 9.86. The van der Waals surface area contributed by atoms with E-state index in [1.54, 1.807) is 30.3 Å². The van der Waals surface area contributed by atoms with Crippen molar-refractivity contribution in [2.75, 3.05) is 10.6 Å².